The normalized spacial score (nSPS) is 17.1. The fourth-order valence-electron chi connectivity index (χ4n) is 3.07. The maximum absolute atomic E-state index is 12.5. The number of carbonyl (C=O) groups excluding carboxylic acids is 3. The molecule has 3 rings (SSSR count). The van der Waals surface area contributed by atoms with Crippen molar-refractivity contribution in [1.29, 1.82) is 0 Å². The Morgan fingerprint density at radius 2 is 1.97 bits per heavy atom. The summed E-state index contributed by atoms with van der Waals surface area (Å²) in [6.45, 7) is 1.81. The van der Waals surface area contributed by atoms with Gasteiger partial charge in [-0.25, -0.2) is 4.79 Å². The van der Waals surface area contributed by atoms with E-state index in [-0.39, 0.29) is 5.76 Å². The van der Waals surface area contributed by atoms with E-state index in [0.29, 0.717) is 41.7 Å². The third kappa shape index (κ3) is 5.38. The monoisotopic (exact) mass is 438 g/mol. The molecule has 1 aromatic carbocycles. The van der Waals surface area contributed by atoms with Crippen LogP contribution in [0.2, 0.25) is 0 Å². The molecule has 7 nitrogen and oxygen atoms in total. The quantitative estimate of drug-likeness (QED) is 0.523. The summed E-state index contributed by atoms with van der Waals surface area (Å²) in [4.78, 5) is 39.1. The number of carbonyl (C=O) groups is 3. The Hall–Kier alpha value is -2.88. The zero-order valence-electron chi connectivity index (χ0n) is 16.0. The number of hydrogen-bond donors (Lipinski definition) is 1. The van der Waals surface area contributed by atoms with Gasteiger partial charge in [0.25, 0.3) is 17.6 Å². The second-order valence-electron chi connectivity index (χ2n) is 6.61. The number of benzene rings is 1. The van der Waals surface area contributed by atoms with Crippen molar-refractivity contribution in [2.24, 2.45) is 0 Å². The Labute approximate surface area is 175 Å². The van der Waals surface area contributed by atoms with E-state index in [1.165, 1.54) is 48.4 Å². The van der Waals surface area contributed by atoms with Crippen LogP contribution in [0.4, 0.5) is 14.5 Å². The molecule has 0 saturated carbocycles. The maximum atomic E-state index is 12.5. The van der Waals surface area contributed by atoms with E-state index in [1.54, 1.807) is 6.07 Å². The number of anilines is 1. The van der Waals surface area contributed by atoms with Crippen molar-refractivity contribution in [3.63, 3.8) is 0 Å². The summed E-state index contributed by atoms with van der Waals surface area (Å²) in [6, 6.07) is 8.20. The summed E-state index contributed by atoms with van der Waals surface area (Å²) in [7, 11) is 0. The van der Waals surface area contributed by atoms with E-state index in [2.05, 4.69) is 5.32 Å². The van der Waals surface area contributed by atoms with E-state index in [0.717, 1.165) is 0 Å². The number of esters is 1. The van der Waals surface area contributed by atoms with E-state index in [9.17, 15) is 23.2 Å². The highest BCUT2D eigenvalue weighted by Gasteiger charge is 2.37. The van der Waals surface area contributed by atoms with Crippen LogP contribution in [0.1, 0.15) is 30.3 Å². The van der Waals surface area contributed by atoms with Crippen molar-refractivity contribution in [3.8, 4) is 0 Å². The lowest BCUT2D eigenvalue weighted by Crippen LogP contribution is -2.43. The van der Waals surface area contributed by atoms with Crippen LogP contribution in [0.15, 0.2) is 52.0 Å². The number of halogens is 2. The first-order chi connectivity index (χ1) is 14.3. The van der Waals surface area contributed by atoms with Crippen molar-refractivity contribution < 1.29 is 32.3 Å². The molecule has 2 amide bonds. The summed E-state index contributed by atoms with van der Waals surface area (Å²) in [6.07, 6.45) is 1.34. The first-order valence-electron chi connectivity index (χ1n) is 9.26. The molecule has 0 radical (unpaired) electrons. The number of furan rings is 1. The number of nitrogens with zero attached hydrogens (tertiary/aromatic N) is 1. The van der Waals surface area contributed by atoms with Crippen LogP contribution in [0.3, 0.4) is 0 Å². The standard InChI is InChI=1S/C20H20F2N2O5S/c1-12(17(25)23-13-6-8-14(9-7-13)30-20(21)22)29-19(27)15-4-2-10-24(15)18(26)16-5-3-11-28-16/h3,5-9,11-12,15,20H,2,4,10H2,1H3,(H,23,25). The van der Waals surface area contributed by atoms with Crippen molar-refractivity contribution >= 4 is 35.2 Å². The van der Waals surface area contributed by atoms with Crippen molar-refractivity contribution in [3.05, 3.63) is 48.4 Å². The van der Waals surface area contributed by atoms with Crippen LogP contribution in [0, 0.1) is 0 Å². The van der Waals surface area contributed by atoms with Crippen LogP contribution in [0.5, 0.6) is 0 Å². The third-order valence-electron chi connectivity index (χ3n) is 4.53. The van der Waals surface area contributed by atoms with Crippen molar-refractivity contribution in [1.82, 2.24) is 4.90 Å². The lowest BCUT2D eigenvalue weighted by atomic mass is 10.2. The Morgan fingerprint density at radius 3 is 2.60 bits per heavy atom. The van der Waals surface area contributed by atoms with Crippen LogP contribution in [0.25, 0.3) is 0 Å². The minimum absolute atomic E-state index is 0.133. The topological polar surface area (TPSA) is 88.8 Å². The van der Waals surface area contributed by atoms with E-state index >= 15 is 0 Å². The number of likely N-dealkylation sites (tertiary alicyclic amines) is 1. The maximum Gasteiger partial charge on any atom is 0.329 e. The third-order valence-corrected chi connectivity index (χ3v) is 5.25. The van der Waals surface area contributed by atoms with Gasteiger partial charge in [-0.3, -0.25) is 9.59 Å². The van der Waals surface area contributed by atoms with Crippen LogP contribution < -0.4 is 5.32 Å². The van der Waals surface area contributed by atoms with Gasteiger partial charge < -0.3 is 19.4 Å². The van der Waals surface area contributed by atoms with Gasteiger partial charge in [-0.2, -0.15) is 8.78 Å². The lowest BCUT2D eigenvalue weighted by molar-refractivity contribution is -0.156. The largest absolute Gasteiger partial charge is 0.459 e. The molecule has 2 aromatic rings. The summed E-state index contributed by atoms with van der Waals surface area (Å²) in [5, 5.41) is 2.57. The zero-order chi connectivity index (χ0) is 21.7. The van der Waals surface area contributed by atoms with E-state index < -0.39 is 35.7 Å². The molecule has 1 aliphatic rings. The minimum Gasteiger partial charge on any atom is -0.459 e. The number of alkyl halides is 2. The summed E-state index contributed by atoms with van der Waals surface area (Å²) >= 11 is 0.402. The molecule has 0 aliphatic carbocycles. The second-order valence-corrected chi connectivity index (χ2v) is 7.67. The van der Waals surface area contributed by atoms with Gasteiger partial charge in [-0.15, -0.1) is 0 Å². The highest BCUT2D eigenvalue weighted by Crippen LogP contribution is 2.26. The van der Waals surface area contributed by atoms with Crippen LogP contribution in [-0.2, 0) is 14.3 Å². The first-order valence-corrected chi connectivity index (χ1v) is 10.1. The predicted octanol–water partition coefficient (Wildman–Crippen LogP) is 3.77. The van der Waals surface area contributed by atoms with Crippen LogP contribution >= 0.6 is 11.8 Å². The number of rotatable bonds is 7. The summed E-state index contributed by atoms with van der Waals surface area (Å²) in [5.74, 6) is -4.04. The molecular formula is C20H20F2N2O5S. The predicted molar refractivity (Wildman–Crippen MR) is 105 cm³/mol. The Bertz CT molecular complexity index is 889. The van der Waals surface area contributed by atoms with Gasteiger partial charge in [0.05, 0.1) is 6.26 Å². The molecular weight excluding hydrogens is 418 g/mol. The molecule has 1 fully saturated rings. The SMILES string of the molecule is CC(OC(=O)C1CCCN1C(=O)c1ccco1)C(=O)Nc1ccc(SC(F)F)cc1. The zero-order valence-corrected chi connectivity index (χ0v) is 16.9. The molecule has 2 heterocycles. The molecule has 0 spiro atoms. The average molecular weight is 438 g/mol. The fourth-order valence-corrected chi connectivity index (χ4v) is 3.57. The van der Waals surface area contributed by atoms with Crippen molar-refractivity contribution in [2.45, 2.75) is 42.6 Å². The van der Waals surface area contributed by atoms with Gasteiger partial charge in [-0.05, 0) is 56.2 Å². The molecule has 1 saturated heterocycles. The van der Waals surface area contributed by atoms with Crippen LogP contribution in [-0.4, -0.2) is 47.1 Å². The van der Waals surface area contributed by atoms with Gasteiger partial charge in [0.15, 0.2) is 11.9 Å². The Balaban J connectivity index is 1.55. The Kier molecular flexibility index (Phi) is 7.09. The molecule has 2 unspecified atom stereocenters. The molecule has 1 N–H and O–H groups in total. The second kappa shape index (κ2) is 9.75. The van der Waals surface area contributed by atoms with Gasteiger partial charge in [0.2, 0.25) is 0 Å². The van der Waals surface area contributed by atoms with E-state index in [4.69, 9.17) is 9.15 Å². The fraction of sp³-hybridized carbons (Fsp3) is 0.350. The molecule has 30 heavy (non-hydrogen) atoms. The van der Waals surface area contributed by atoms with Gasteiger partial charge >= 0.3 is 5.97 Å². The molecule has 10 heteroatoms. The molecule has 1 aromatic heterocycles. The number of thioether (sulfide) groups is 1. The first kappa shape index (κ1) is 21.8. The smallest absolute Gasteiger partial charge is 0.329 e. The molecule has 1 aliphatic heterocycles. The summed E-state index contributed by atoms with van der Waals surface area (Å²) < 4.78 is 35.1. The molecule has 0 bridgehead atoms. The van der Waals surface area contributed by atoms with Gasteiger partial charge in [0.1, 0.15) is 6.04 Å². The van der Waals surface area contributed by atoms with Crippen molar-refractivity contribution in [2.75, 3.05) is 11.9 Å². The molecule has 160 valence electrons. The average Bonchev–Trinajstić information content (AvgIpc) is 3.40. The number of nitrogens with one attached hydrogen (secondary N) is 1. The number of ether oxygens (including phenoxy) is 1. The highest BCUT2D eigenvalue weighted by molar-refractivity contribution is 7.99. The van der Waals surface area contributed by atoms with Gasteiger partial charge in [0, 0.05) is 17.1 Å². The minimum atomic E-state index is -2.53. The summed E-state index contributed by atoms with van der Waals surface area (Å²) in [5.41, 5.74) is 0.386. The Morgan fingerprint density at radius 1 is 1.23 bits per heavy atom. The highest BCUT2D eigenvalue weighted by atomic mass is 32.2. The number of amides is 2. The molecule has 2 atom stereocenters. The van der Waals surface area contributed by atoms with Gasteiger partial charge in [-0.1, -0.05) is 11.8 Å². The number of hydrogen-bond acceptors (Lipinski definition) is 6. The van der Waals surface area contributed by atoms with E-state index in [1.807, 2.05) is 0 Å². The lowest BCUT2D eigenvalue weighted by Gasteiger charge is -2.23.